The zero-order chi connectivity index (χ0) is 9.78. The minimum atomic E-state index is -3.32. The lowest BCUT2D eigenvalue weighted by Gasteiger charge is -2.18. The van der Waals surface area contributed by atoms with Crippen molar-refractivity contribution in [1.29, 1.82) is 0 Å². The number of hydrogen-bond donors (Lipinski definition) is 0. The van der Waals surface area contributed by atoms with E-state index in [2.05, 4.69) is 13.8 Å². The molecule has 0 rings (SSSR count). The molecule has 0 aliphatic rings. The van der Waals surface area contributed by atoms with E-state index in [-0.39, 0.29) is 0 Å². The zero-order valence-corrected chi connectivity index (χ0v) is 8.46. The average molecular weight is 196 g/mol. The maximum absolute atomic E-state index is 11.5. The number of hydrogen-bond acceptors (Lipinski definition) is 5. The van der Waals surface area contributed by atoms with Gasteiger partial charge >= 0.3 is 13.6 Å². The van der Waals surface area contributed by atoms with E-state index in [1.807, 2.05) is 0 Å². The molecule has 0 spiro atoms. The van der Waals surface area contributed by atoms with Gasteiger partial charge in [0.2, 0.25) is 0 Å². The highest BCUT2D eigenvalue weighted by atomic mass is 31.2. The summed E-state index contributed by atoms with van der Waals surface area (Å²) in [5.41, 5.74) is -0.891. The van der Waals surface area contributed by atoms with Crippen molar-refractivity contribution in [3.63, 3.8) is 0 Å². The SMILES string of the molecule is COC(=O)C(C)P(=O)(OC)OC. The number of carbonyl (C=O) groups is 1. The summed E-state index contributed by atoms with van der Waals surface area (Å²) in [6.45, 7) is 1.43. The Balaban J connectivity index is 4.53. The highest BCUT2D eigenvalue weighted by Crippen LogP contribution is 2.51. The van der Waals surface area contributed by atoms with Gasteiger partial charge in [0.25, 0.3) is 0 Å². The minimum absolute atomic E-state index is 0.609. The van der Waals surface area contributed by atoms with E-state index < -0.39 is 19.2 Å². The summed E-state index contributed by atoms with van der Waals surface area (Å²) in [5.74, 6) is -0.609. The summed E-state index contributed by atoms with van der Waals surface area (Å²) in [6, 6.07) is 0. The molecule has 1 atom stereocenters. The Kier molecular flexibility index (Phi) is 4.45. The lowest BCUT2D eigenvalue weighted by atomic mass is 10.5. The standard InChI is InChI=1S/C6H13O5P/c1-5(6(7)9-2)12(8,10-3)11-4/h5H,1-4H3. The molecule has 72 valence electrons. The molecule has 0 N–H and O–H groups in total. The molecule has 0 saturated heterocycles. The van der Waals surface area contributed by atoms with Crippen LogP contribution in [0.25, 0.3) is 0 Å². The van der Waals surface area contributed by atoms with Crippen molar-refractivity contribution in [3.8, 4) is 0 Å². The van der Waals surface area contributed by atoms with Crippen LogP contribution in [0.4, 0.5) is 0 Å². The van der Waals surface area contributed by atoms with Gasteiger partial charge in [-0.3, -0.25) is 9.36 Å². The molecular weight excluding hydrogens is 183 g/mol. The van der Waals surface area contributed by atoms with E-state index in [1.54, 1.807) is 0 Å². The van der Waals surface area contributed by atoms with Gasteiger partial charge in [0, 0.05) is 14.2 Å². The Hall–Kier alpha value is -0.380. The van der Waals surface area contributed by atoms with Gasteiger partial charge in [0.15, 0.2) is 5.66 Å². The van der Waals surface area contributed by atoms with E-state index in [9.17, 15) is 9.36 Å². The van der Waals surface area contributed by atoms with Crippen molar-refractivity contribution in [2.45, 2.75) is 12.6 Å². The first kappa shape index (κ1) is 11.6. The van der Waals surface area contributed by atoms with Crippen LogP contribution in [0.2, 0.25) is 0 Å². The number of carbonyl (C=O) groups excluding carboxylic acids is 1. The van der Waals surface area contributed by atoms with Crippen molar-refractivity contribution in [1.82, 2.24) is 0 Å². The van der Waals surface area contributed by atoms with E-state index in [0.717, 1.165) is 0 Å². The van der Waals surface area contributed by atoms with E-state index in [4.69, 9.17) is 0 Å². The smallest absolute Gasteiger partial charge is 0.344 e. The molecule has 0 amide bonds. The second-order valence-electron chi connectivity index (χ2n) is 2.10. The van der Waals surface area contributed by atoms with E-state index in [1.165, 1.54) is 28.3 Å². The topological polar surface area (TPSA) is 61.8 Å². The highest BCUT2D eigenvalue weighted by molar-refractivity contribution is 7.55. The average Bonchev–Trinajstić information content (AvgIpc) is 2.14. The molecular formula is C6H13O5P. The van der Waals surface area contributed by atoms with Crippen molar-refractivity contribution >= 4 is 13.6 Å². The van der Waals surface area contributed by atoms with Crippen LogP contribution in [0.3, 0.4) is 0 Å². The van der Waals surface area contributed by atoms with Crippen molar-refractivity contribution in [3.05, 3.63) is 0 Å². The predicted molar refractivity (Wildman–Crippen MR) is 43.1 cm³/mol. The molecule has 0 fully saturated rings. The van der Waals surface area contributed by atoms with Gasteiger partial charge in [-0.2, -0.15) is 0 Å². The molecule has 1 unspecified atom stereocenters. The molecule has 0 aromatic heterocycles. The fourth-order valence-corrected chi connectivity index (χ4v) is 1.84. The number of methoxy groups -OCH3 is 1. The normalized spacial score (nSPS) is 14.0. The minimum Gasteiger partial charge on any atom is -0.468 e. The summed E-state index contributed by atoms with van der Waals surface area (Å²) in [6.07, 6.45) is 0. The zero-order valence-electron chi connectivity index (χ0n) is 7.57. The molecule has 12 heavy (non-hydrogen) atoms. The maximum Gasteiger partial charge on any atom is 0.344 e. The summed E-state index contributed by atoms with van der Waals surface area (Å²) in [5, 5.41) is 0. The van der Waals surface area contributed by atoms with Crippen molar-refractivity contribution in [2.75, 3.05) is 21.3 Å². The van der Waals surface area contributed by atoms with Crippen LogP contribution in [-0.4, -0.2) is 33.0 Å². The maximum atomic E-state index is 11.5. The second kappa shape index (κ2) is 4.60. The van der Waals surface area contributed by atoms with E-state index >= 15 is 0 Å². The van der Waals surface area contributed by atoms with Gasteiger partial charge in [-0.05, 0) is 6.92 Å². The third-order valence-corrected chi connectivity index (χ3v) is 3.70. The van der Waals surface area contributed by atoms with Gasteiger partial charge in [0.05, 0.1) is 7.11 Å². The van der Waals surface area contributed by atoms with Gasteiger partial charge < -0.3 is 13.8 Å². The lowest BCUT2D eigenvalue weighted by molar-refractivity contribution is -0.140. The van der Waals surface area contributed by atoms with Crippen LogP contribution >= 0.6 is 7.60 Å². The fourth-order valence-electron chi connectivity index (χ4n) is 0.690. The molecule has 5 nitrogen and oxygen atoms in total. The van der Waals surface area contributed by atoms with Crippen molar-refractivity contribution in [2.24, 2.45) is 0 Å². The molecule has 0 radical (unpaired) electrons. The Morgan fingerprint density at radius 1 is 1.25 bits per heavy atom. The quantitative estimate of drug-likeness (QED) is 0.496. The number of ether oxygens (including phenoxy) is 1. The first-order chi connectivity index (χ1) is 5.51. The van der Waals surface area contributed by atoms with Gasteiger partial charge in [-0.25, -0.2) is 0 Å². The summed E-state index contributed by atoms with van der Waals surface area (Å²) in [7, 11) is 0.349. The summed E-state index contributed by atoms with van der Waals surface area (Å²) in [4.78, 5) is 10.9. The number of rotatable bonds is 4. The van der Waals surface area contributed by atoms with Crippen LogP contribution in [0.5, 0.6) is 0 Å². The first-order valence-corrected chi connectivity index (χ1v) is 4.92. The first-order valence-electron chi connectivity index (χ1n) is 3.30. The molecule has 0 aliphatic heterocycles. The molecule has 0 aliphatic carbocycles. The van der Waals surface area contributed by atoms with Crippen LogP contribution in [0, 0.1) is 0 Å². The molecule has 0 aromatic carbocycles. The largest absolute Gasteiger partial charge is 0.468 e. The monoisotopic (exact) mass is 196 g/mol. The van der Waals surface area contributed by atoms with Gasteiger partial charge in [0.1, 0.15) is 0 Å². The highest BCUT2D eigenvalue weighted by Gasteiger charge is 2.36. The molecule has 6 heteroatoms. The lowest BCUT2D eigenvalue weighted by Crippen LogP contribution is -2.20. The van der Waals surface area contributed by atoms with Crippen LogP contribution in [0.1, 0.15) is 6.92 Å². The Labute approximate surface area is 71.5 Å². The molecule has 0 aromatic rings. The predicted octanol–water partition coefficient (Wildman–Crippen LogP) is 1.03. The Morgan fingerprint density at radius 2 is 1.67 bits per heavy atom. The molecule has 0 bridgehead atoms. The summed E-state index contributed by atoms with van der Waals surface area (Å²) >= 11 is 0. The molecule has 0 saturated carbocycles. The molecule has 0 heterocycles. The van der Waals surface area contributed by atoms with Gasteiger partial charge in [-0.15, -0.1) is 0 Å². The van der Waals surface area contributed by atoms with Crippen LogP contribution in [0.15, 0.2) is 0 Å². The summed E-state index contributed by atoms with van der Waals surface area (Å²) < 4.78 is 25.1. The Morgan fingerprint density at radius 3 is 1.92 bits per heavy atom. The fraction of sp³-hybridized carbons (Fsp3) is 0.833. The Bertz CT molecular complexity index is 194. The van der Waals surface area contributed by atoms with Crippen LogP contribution in [-0.2, 0) is 23.1 Å². The third-order valence-electron chi connectivity index (χ3n) is 1.53. The third kappa shape index (κ3) is 2.30. The van der Waals surface area contributed by atoms with Crippen molar-refractivity contribution < 1.29 is 23.1 Å². The van der Waals surface area contributed by atoms with E-state index in [0.29, 0.717) is 0 Å². The van der Waals surface area contributed by atoms with Crippen LogP contribution < -0.4 is 0 Å². The second-order valence-corrected chi connectivity index (χ2v) is 4.69. The number of esters is 1. The van der Waals surface area contributed by atoms with Gasteiger partial charge in [-0.1, -0.05) is 0 Å².